The maximum Gasteiger partial charge on any atom is 0.306 e. The number of hydrogen-bond donors (Lipinski definition) is 2. The van der Waals surface area contributed by atoms with E-state index in [2.05, 4.69) is 36.5 Å². The summed E-state index contributed by atoms with van der Waals surface area (Å²) in [6.07, 6.45) is 3.55. The molecular formula is C16H23NO2S. The third kappa shape index (κ3) is 4.53. The summed E-state index contributed by atoms with van der Waals surface area (Å²) in [5.41, 5.74) is 1.31. The van der Waals surface area contributed by atoms with E-state index in [4.69, 9.17) is 5.11 Å². The molecule has 4 heteroatoms. The summed E-state index contributed by atoms with van der Waals surface area (Å²) in [4.78, 5) is 12.2. The number of hydrogen-bond acceptors (Lipinski definition) is 3. The molecule has 0 unspecified atom stereocenters. The molecule has 0 aromatic heterocycles. The molecule has 0 radical (unpaired) electrons. The molecule has 1 aliphatic rings. The number of carboxylic acids is 1. The van der Waals surface area contributed by atoms with Crippen LogP contribution < -0.4 is 5.32 Å². The van der Waals surface area contributed by atoms with Crippen molar-refractivity contribution in [3.8, 4) is 0 Å². The Kier molecular flexibility index (Phi) is 5.92. The Labute approximate surface area is 125 Å². The third-order valence-electron chi connectivity index (χ3n) is 3.88. The van der Waals surface area contributed by atoms with E-state index >= 15 is 0 Å². The molecule has 1 saturated carbocycles. The van der Waals surface area contributed by atoms with Gasteiger partial charge in [-0.25, -0.2) is 0 Å². The van der Waals surface area contributed by atoms with Crippen LogP contribution in [0.1, 0.15) is 38.2 Å². The van der Waals surface area contributed by atoms with Crippen molar-refractivity contribution in [2.24, 2.45) is 5.92 Å². The number of benzene rings is 1. The number of rotatable bonds is 6. The molecule has 0 aliphatic heterocycles. The van der Waals surface area contributed by atoms with Crippen molar-refractivity contribution < 1.29 is 9.90 Å². The van der Waals surface area contributed by atoms with E-state index in [1.165, 1.54) is 10.5 Å². The van der Waals surface area contributed by atoms with Gasteiger partial charge in [-0.05, 0) is 49.1 Å². The second-order valence-electron chi connectivity index (χ2n) is 5.35. The van der Waals surface area contributed by atoms with Gasteiger partial charge in [-0.1, -0.05) is 19.1 Å². The van der Waals surface area contributed by atoms with Crippen molar-refractivity contribution in [2.75, 3.05) is 5.75 Å². The predicted molar refractivity (Wildman–Crippen MR) is 83.1 cm³/mol. The van der Waals surface area contributed by atoms with Crippen LogP contribution in [0, 0.1) is 5.92 Å². The van der Waals surface area contributed by atoms with Crippen LogP contribution in [0.2, 0.25) is 0 Å². The average Bonchev–Trinajstić information content (AvgIpc) is 2.46. The van der Waals surface area contributed by atoms with Crippen LogP contribution in [-0.2, 0) is 11.3 Å². The Bertz CT molecular complexity index is 442. The summed E-state index contributed by atoms with van der Waals surface area (Å²) in [7, 11) is 0. The second kappa shape index (κ2) is 7.70. The average molecular weight is 293 g/mol. The summed E-state index contributed by atoms with van der Waals surface area (Å²) < 4.78 is 0. The van der Waals surface area contributed by atoms with E-state index in [-0.39, 0.29) is 5.92 Å². The van der Waals surface area contributed by atoms with Gasteiger partial charge in [0.25, 0.3) is 0 Å². The fraction of sp³-hybridized carbons (Fsp3) is 0.562. The largest absolute Gasteiger partial charge is 0.481 e. The molecule has 3 nitrogen and oxygen atoms in total. The minimum atomic E-state index is -0.632. The number of carbonyl (C=O) groups is 1. The Morgan fingerprint density at radius 3 is 2.75 bits per heavy atom. The zero-order valence-corrected chi connectivity index (χ0v) is 12.8. The monoisotopic (exact) mass is 293 g/mol. The fourth-order valence-electron chi connectivity index (χ4n) is 2.72. The number of carboxylic acid groups (broad SMARTS) is 1. The lowest BCUT2D eigenvalue weighted by atomic mass is 9.86. The topological polar surface area (TPSA) is 49.3 Å². The highest BCUT2D eigenvalue weighted by Gasteiger charge is 2.25. The van der Waals surface area contributed by atoms with Gasteiger partial charge >= 0.3 is 5.97 Å². The quantitative estimate of drug-likeness (QED) is 0.788. The van der Waals surface area contributed by atoms with E-state index in [1.807, 2.05) is 11.8 Å². The molecule has 0 saturated heterocycles. The smallest absolute Gasteiger partial charge is 0.306 e. The molecule has 20 heavy (non-hydrogen) atoms. The SMILES string of the molecule is CCSc1cccc(CNC2CCC(C(=O)O)CC2)c1. The molecule has 1 aromatic rings. The summed E-state index contributed by atoms with van der Waals surface area (Å²) in [5.74, 6) is 0.334. The standard InChI is InChI=1S/C16H23NO2S/c1-2-20-15-5-3-4-12(10-15)11-17-14-8-6-13(7-9-14)16(18)19/h3-5,10,13-14,17H,2,6-9,11H2,1H3,(H,18,19). The number of nitrogens with one attached hydrogen (secondary N) is 1. The van der Waals surface area contributed by atoms with Gasteiger partial charge in [-0.2, -0.15) is 0 Å². The molecule has 1 aromatic carbocycles. The molecule has 0 heterocycles. The minimum Gasteiger partial charge on any atom is -0.481 e. The lowest BCUT2D eigenvalue weighted by Crippen LogP contribution is -2.34. The zero-order chi connectivity index (χ0) is 14.4. The Morgan fingerprint density at radius 1 is 1.35 bits per heavy atom. The van der Waals surface area contributed by atoms with Gasteiger partial charge in [-0.15, -0.1) is 11.8 Å². The van der Waals surface area contributed by atoms with E-state index in [1.54, 1.807) is 0 Å². The molecule has 2 N–H and O–H groups in total. The van der Waals surface area contributed by atoms with Gasteiger partial charge in [0.05, 0.1) is 5.92 Å². The van der Waals surface area contributed by atoms with Crippen LogP contribution in [0.4, 0.5) is 0 Å². The zero-order valence-electron chi connectivity index (χ0n) is 12.0. The van der Waals surface area contributed by atoms with Crippen molar-refractivity contribution in [2.45, 2.75) is 50.1 Å². The molecular weight excluding hydrogens is 270 g/mol. The first-order valence-corrected chi connectivity index (χ1v) is 8.35. The third-order valence-corrected chi connectivity index (χ3v) is 4.76. The van der Waals surface area contributed by atoms with Crippen LogP contribution in [-0.4, -0.2) is 22.9 Å². The van der Waals surface area contributed by atoms with E-state index in [9.17, 15) is 4.79 Å². The Morgan fingerprint density at radius 2 is 2.10 bits per heavy atom. The van der Waals surface area contributed by atoms with Gasteiger partial charge in [0.15, 0.2) is 0 Å². The van der Waals surface area contributed by atoms with Crippen LogP contribution in [0.15, 0.2) is 29.2 Å². The van der Waals surface area contributed by atoms with Gasteiger partial charge in [0, 0.05) is 17.5 Å². The summed E-state index contributed by atoms with van der Waals surface area (Å²) in [6, 6.07) is 9.11. The highest BCUT2D eigenvalue weighted by Crippen LogP contribution is 2.25. The van der Waals surface area contributed by atoms with Gasteiger partial charge in [0.1, 0.15) is 0 Å². The van der Waals surface area contributed by atoms with E-state index < -0.39 is 5.97 Å². The molecule has 1 aliphatic carbocycles. The number of aliphatic carboxylic acids is 1. The van der Waals surface area contributed by atoms with Crippen molar-refractivity contribution in [1.29, 1.82) is 0 Å². The van der Waals surface area contributed by atoms with Crippen molar-refractivity contribution in [1.82, 2.24) is 5.32 Å². The van der Waals surface area contributed by atoms with Gasteiger partial charge < -0.3 is 10.4 Å². The Hall–Kier alpha value is -1.00. The highest BCUT2D eigenvalue weighted by atomic mass is 32.2. The van der Waals surface area contributed by atoms with Gasteiger partial charge in [0.2, 0.25) is 0 Å². The molecule has 2 rings (SSSR count). The molecule has 0 spiro atoms. The highest BCUT2D eigenvalue weighted by molar-refractivity contribution is 7.99. The molecule has 110 valence electrons. The minimum absolute atomic E-state index is 0.127. The summed E-state index contributed by atoms with van der Waals surface area (Å²) in [5, 5.41) is 12.6. The first kappa shape index (κ1) is 15.4. The predicted octanol–water partition coefficient (Wildman–Crippen LogP) is 3.53. The summed E-state index contributed by atoms with van der Waals surface area (Å²) in [6.45, 7) is 3.04. The van der Waals surface area contributed by atoms with E-state index in [0.717, 1.165) is 38.0 Å². The lowest BCUT2D eigenvalue weighted by molar-refractivity contribution is -0.142. The molecule has 0 atom stereocenters. The van der Waals surface area contributed by atoms with Crippen molar-refractivity contribution >= 4 is 17.7 Å². The first-order valence-electron chi connectivity index (χ1n) is 7.37. The van der Waals surface area contributed by atoms with Crippen molar-refractivity contribution in [3.05, 3.63) is 29.8 Å². The molecule has 0 bridgehead atoms. The van der Waals surface area contributed by atoms with Crippen molar-refractivity contribution in [3.63, 3.8) is 0 Å². The summed E-state index contributed by atoms with van der Waals surface area (Å²) >= 11 is 1.86. The fourth-order valence-corrected chi connectivity index (χ4v) is 3.46. The lowest BCUT2D eigenvalue weighted by Gasteiger charge is -2.27. The van der Waals surface area contributed by atoms with Crippen LogP contribution in [0.25, 0.3) is 0 Å². The Balaban J connectivity index is 1.78. The number of thioether (sulfide) groups is 1. The maximum absolute atomic E-state index is 10.9. The van der Waals surface area contributed by atoms with Crippen LogP contribution >= 0.6 is 11.8 Å². The first-order chi connectivity index (χ1) is 9.69. The molecule has 1 fully saturated rings. The van der Waals surface area contributed by atoms with Crippen LogP contribution in [0.5, 0.6) is 0 Å². The molecule has 0 amide bonds. The van der Waals surface area contributed by atoms with E-state index in [0.29, 0.717) is 6.04 Å². The van der Waals surface area contributed by atoms with Crippen LogP contribution in [0.3, 0.4) is 0 Å². The second-order valence-corrected chi connectivity index (χ2v) is 6.69. The maximum atomic E-state index is 10.9. The normalized spacial score (nSPS) is 22.6. The van der Waals surface area contributed by atoms with Gasteiger partial charge in [-0.3, -0.25) is 4.79 Å².